The van der Waals surface area contributed by atoms with Crippen LogP contribution in [0.2, 0.25) is 0 Å². The van der Waals surface area contributed by atoms with Gasteiger partial charge in [0.15, 0.2) is 5.82 Å². The van der Waals surface area contributed by atoms with E-state index in [1.54, 1.807) is 12.2 Å². The summed E-state index contributed by atoms with van der Waals surface area (Å²) in [5.41, 5.74) is 2.58. The van der Waals surface area contributed by atoms with Crippen molar-refractivity contribution in [3.63, 3.8) is 0 Å². The van der Waals surface area contributed by atoms with Gasteiger partial charge < -0.3 is 9.47 Å². The van der Waals surface area contributed by atoms with Crippen LogP contribution in [0.15, 0.2) is 49.6 Å². The first-order valence-corrected chi connectivity index (χ1v) is 9.11. The Morgan fingerprint density at radius 3 is 2.61 bits per heavy atom. The molecule has 0 unspecified atom stereocenters. The number of H-pyrrole nitrogens is 1. The van der Waals surface area contributed by atoms with Crippen LogP contribution in [0.4, 0.5) is 0 Å². The van der Waals surface area contributed by atoms with Gasteiger partial charge in [-0.1, -0.05) is 36.6 Å². The molecule has 3 rings (SSSR count). The second kappa shape index (κ2) is 10.0. The molecule has 0 bridgehead atoms. The molecule has 1 aromatic carbocycles. The minimum absolute atomic E-state index is 0.367. The van der Waals surface area contributed by atoms with E-state index in [2.05, 4.69) is 38.8 Å². The number of ether oxygens (including phenoxy) is 2. The number of aromatic amines is 1. The van der Waals surface area contributed by atoms with Crippen LogP contribution in [0.5, 0.6) is 11.5 Å². The SMILES string of the molecule is C=Cc1ccc(COc2cccc(OCCCCc3nn[nH]n3)c2)nc1C=C. The van der Waals surface area contributed by atoms with Crippen molar-refractivity contribution in [1.29, 1.82) is 0 Å². The molecule has 144 valence electrons. The van der Waals surface area contributed by atoms with Gasteiger partial charge in [-0.25, -0.2) is 4.98 Å². The van der Waals surface area contributed by atoms with Gasteiger partial charge in [0.1, 0.15) is 18.1 Å². The zero-order valence-electron chi connectivity index (χ0n) is 15.7. The van der Waals surface area contributed by atoms with E-state index in [9.17, 15) is 0 Å². The van der Waals surface area contributed by atoms with Crippen molar-refractivity contribution in [1.82, 2.24) is 25.6 Å². The van der Waals surface area contributed by atoms with E-state index in [-0.39, 0.29) is 0 Å². The fourth-order valence-corrected chi connectivity index (χ4v) is 2.62. The molecule has 2 heterocycles. The molecule has 0 saturated carbocycles. The van der Waals surface area contributed by atoms with Gasteiger partial charge in [0.2, 0.25) is 0 Å². The quantitative estimate of drug-likeness (QED) is 0.511. The standard InChI is InChI=1S/C21H23N5O2/c1-3-16-11-12-17(22-20(16)4-2)15-28-19-9-7-8-18(14-19)27-13-6-5-10-21-23-25-26-24-21/h3-4,7-9,11-12,14H,1-2,5-6,10,13,15H2,(H,23,24,25,26). The third kappa shape index (κ3) is 5.51. The summed E-state index contributed by atoms with van der Waals surface area (Å²) in [5, 5.41) is 13.8. The van der Waals surface area contributed by atoms with Gasteiger partial charge in [0, 0.05) is 12.5 Å². The lowest BCUT2D eigenvalue weighted by Crippen LogP contribution is -2.02. The van der Waals surface area contributed by atoms with Crippen LogP contribution in [0, 0.1) is 0 Å². The molecule has 28 heavy (non-hydrogen) atoms. The number of pyridine rings is 1. The molecule has 3 aromatic rings. The third-order valence-corrected chi connectivity index (χ3v) is 4.07. The molecule has 0 aliphatic heterocycles. The molecule has 0 saturated heterocycles. The summed E-state index contributed by atoms with van der Waals surface area (Å²) in [6.07, 6.45) is 6.11. The first-order chi connectivity index (χ1) is 13.8. The highest BCUT2D eigenvalue weighted by molar-refractivity contribution is 5.60. The fraction of sp³-hybridized carbons (Fsp3) is 0.238. The lowest BCUT2D eigenvalue weighted by molar-refractivity contribution is 0.288. The van der Waals surface area contributed by atoms with E-state index in [0.29, 0.717) is 13.2 Å². The maximum absolute atomic E-state index is 5.85. The van der Waals surface area contributed by atoms with Gasteiger partial charge in [0.25, 0.3) is 0 Å². The Bertz CT molecular complexity index is 909. The molecule has 0 radical (unpaired) electrons. The van der Waals surface area contributed by atoms with Crippen molar-refractivity contribution in [3.8, 4) is 11.5 Å². The van der Waals surface area contributed by atoms with Crippen LogP contribution in [0.1, 0.15) is 35.6 Å². The summed E-state index contributed by atoms with van der Waals surface area (Å²) in [6, 6.07) is 11.5. The second-order valence-corrected chi connectivity index (χ2v) is 6.08. The van der Waals surface area contributed by atoms with E-state index in [1.807, 2.05) is 36.4 Å². The topological polar surface area (TPSA) is 85.8 Å². The van der Waals surface area contributed by atoms with Gasteiger partial charge in [-0.05, 0) is 42.7 Å². The smallest absolute Gasteiger partial charge is 0.174 e. The van der Waals surface area contributed by atoms with Crippen LogP contribution in [0.3, 0.4) is 0 Å². The average molecular weight is 377 g/mol. The Kier molecular flexibility index (Phi) is 6.89. The number of tetrazole rings is 1. The summed E-state index contributed by atoms with van der Waals surface area (Å²) in [6.45, 7) is 8.55. The molecule has 0 amide bonds. The van der Waals surface area contributed by atoms with Gasteiger partial charge in [0.05, 0.1) is 18.0 Å². The molecular formula is C21H23N5O2. The number of nitrogens with zero attached hydrogens (tertiary/aromatic N) is 4. The first kappa shape index (κ1) is 19.3. The van der Waals surface area contributed by atoms with Crippen molar-refractivity contribution in [2.45, 2.75) is 25.9 Å². The van der Waals surface area contributed by atoms with Crippen molar-refractivity contribution in [3.05, 3.63) is 72.3 Å². The fourth-order valence-electron chi connectivity index (χ4n) is 2.62. The summed E-state index contributed by atoms with van der Waals surface area (Å²) >= 11 is 0. The minimum atomic E-state index is 0.367. The number of hydrogen-bond acceptors (Lipinski definition) is 6. The Morgan fingerprint density at radius 1 is 1.00 bits per heavy atom. The summed E-state index contributed by atoms with van der Waals surface area (Å²) in [7, 11) is 0. The minimum Gasteiger partial charge on any atom is -0.493 e. The van der Waals surface area contributed by atoms with Crippen molar-refractivity contribution in [2.24, 2.45) is 0 Å². The number of rotatable bonds is 11. The highest BCUT2D eigenvalue weighted by atomic mass is 16.5. The van der Waals surface area contributed by atoms with E-state index in [1.165, 1.54) is 0 Å². The molecule has 2 aromatic heterocycles. The first-order valence-electron chi connectivity index (χ1n) is 9.11. The lowest BCUT2D eigenvalue weighted by Gasteiger charge is -2.10. The Morgan fingerprint density at radius 2 is 1.86 bits per heavy atom. The van der Waals surface area contributed by atoms with E-state index in [0.717, 1.165) is 53.5 Å². The molecular weight excluding hydrogens is 354 g/mol. The Labute approximate surface area is 164 Å². The van der Waals surface area contributed by atoms with Crippen LogP contribution in [-0.2, 0) is 13.0 Å². The van der Waals surface area contributed by atoms with Gasteiger partial charge in [-0.15, -0.1) is 10.2 Å². The maximum atomic E-state index is 5.85. The number of unbranched alkanes of at least 4 members (excludes halogenated alkanes) is 1. The van der Waals surface area contributed by atoms with Gasteiger partial charge in [-0.2, -0.15) is 5.21 Å². The van der Waals surface area contributed by atoms with Crippen LogP contribution >= 0.6 is 0 Å². The molecule has 0 fully saturated rings. The largest absolute Gasteiger partial charge is 0.493 e. The predicted octanol–water partition coefficient (Wildman–Crippen LogP) is 3.86. The highest BCUT2D eigenvalue weighted by Crippen LogP contribution is 2.21. The zero-order valence-corrected chi connectivity index (χ0v) is 15.7. The number of benzene rings is 1. The normalized spacial score (nSPS) is 10.4. The molecule has 1 N–H and O–H groups in total. The molecule has 0 aliphatic rings. The molecule has 0 spiro atoms. The summed E-state index contributed by atoms with van der Waals surface area (Å²) < 4.78 is 11.7. The van der Waals surface area contributed by atoms with E-state index < -0.39 is 0 Å². The van der Waals surface area contributed by atoms with Crippen molar-refractivity contribution in [2.75, 3.05) is 6.61 Å². The predicted molar refractivity (Wildman–Crippen MR) is 108 cm³/mol. The lowest BCUT2D eigenvalue weighted by atomic mass is 10.1. The van der Waals surface area contributed by atoms with Crippen molar-refractivity contribution >= 4 is 12.2 Å². The molecule has 7 nitrogen and oxygen atoms in total. The number of aryl methyl sites for hydroxylation is 1. The van der Waals surface area contributed by atoms with Crippen LogP contribution in [-0.4, -0.2) is 32.2 Å². The highest BCUT2D eigenvalue weighted by Gasteiger charge is 2.04. The number of nitrogens with one attached hydrogen (secondary N) is 1. The monoisotopic (exact) mass is 377 g/mol. The Balaban J connectivity index is 1.46. The Hall–Kier alpha value is -3.48. The number of aromatic nitrogens is 5. The number of hydrogen-bond donors (Lipinski definition) is 1. The second-order valence-electron chi connectivity index (χ2n) is 6.08. The average Bonchev–Trinajstić information content (AvgIpc) is 3.25. The van der Waals surface area contributed by atoms with E-state index in [4.69, 9.17) is 9.47 Å². The van der Waals surface area contributed by atoms with Crippen LogP contribution in [0.25, 0.3) is 12.2 Å². The third-order valence-electron chi connectivity index (χ3n) is 4.07. The molecule has 7 heteroatoms. The molecule has 0 aliphatic carbocycles. The van der Waals surface area contributed by atoms with Crippen LogP contribution < -0.4 is 9.47 Å². The summed E-state index contributed by atoms with van der Waals surface area (Å²) in [5.74, 6) is 2.24. The molecule has 0 atom stereocenters. The maximum Gasteiger partial charge on any atom is 0.174 e. The summed E-state index contributed by atoms with van der Waals surface area (Å²) in [4.78, 5) is 4.53. The van der Waals surface area contributed by atoms with Gasteiger partial charge in [-0.3, -0.25) is 0 Å². The van der Waals surface area contributed by atoms with Crippen molar-refractivity contribution < 1.29 is 9.47 Å². The van der Waals surface area contributed by atoms with E-state index >= 15 is 0 Å². The van der Waals surface area contributed by atoms with Gasteiger partial charge >= 0.3 is 0 Å². The zero-order chi connectivity index (χ0) is 19.6.